The number of rotatable bonds is 4. The Morgan fingerprint density at radius 3 is 2.46 bits per heavy atom. The van der Waals surface area contributed by atoms with Crippen molar-refractivity contribution in [3.05, 3.63) is 29.8 Å². The number of ether oxygens (including phenoxy) is 1. The van der Waals surface area contributed by atoms with E-state index in [0.717, 1.165) is 5.56 Å². The van der Waals surface area contributed by atoms with Gasteiger partial charge < -0.3 is 10.5 Å². The minimum atomic E-state index is -0.0130. The summed E-state index contributed by atoms with van der Waals surface area (Å²) < 4.78 is 4.98. The van der Waals surface area contributed by atoms with E-state index in [1.165, 1.54) is 4.90 Å². The van der Waals surface area contributed by atoms with Crippen LogP contribution in [0.3, 0.4) is 0 Å². The molecule has 0 radical (unpaired) electrons. The largest absolute Gasteiger partial charge is 0.383 e. The Morgan fingerprint density at radius 1 is 1.38 bits per heavy atom. The predicted molar refractivity (Wildman–Crippen MR) is 57.0 cm³/mol. The van der Waals surface area contributed by atoms with Gasteiger partial charge in [0.05, 0.1) is 12.6 Å². The molecule has 1 aromatic rings. The van der Waals surface area contributed by atoms with Gasteiger partial charge in [0, 0.05) is 12.0 Å². The molecular formula is C10H15NOS. The quantitative estimate of drug-likeness (QED) is 0.750. The third-order valence-electron chi connectivity index (χ3n) is 1.89. The second kappa shape index (κ2) is 5.27. The molecule has 0 saturated carbocycles. The Morgan fingerprint density at radius 2 is 2.00 bits per heavy atom. The molecule has 72 valence electrons. The van der Waals surface area contributed by atoms with Gasteiger partial charge in [0.2, 0.25) is 0 Å². The van der Waals surface area contributed by atoms with Crippen LogP contribution in [0.1, 0.15) is 11.6 Å². The number of thioether (sulfide) groups is 1. The Bertz CT molecular complexity index is 248. The van der Waals surface area contributed by atoms with Crippen molar-refractivity contribution in [3.63, 3.8) is 0 Å². The lowest BCUT2D eigenvalue weighted by Crippen LogP contribution is -2.15. The number of hydrogen-bond donors (Lipinski definition) is 1. The molecule has 2 N–H and O–H groups in total. The van der Waals surface area contributed by atoms with Gasteiger partial charge in [0.15, 0.2) is 0 Å². The maximum atomic E-state index is 5.87. The highest BCUT2D eigenvalue weighted by atomic mass is 32.2. The van der Waals surface area contributed by atoms with Crippen LogP contribution in [0.4, 0.5) is 0 Å². The van der Waals surface area contributed by atoms with E-state index in [4.69, 9.17) is 10.5 Å². The van der Waals surface area contributed by atoms with Gasteiger partial charge in [-0.25, -0.2) is 0 Å². The van der Waals surface area contributed by atoms with Crippen LogP contribution in [0.25, 0.3) is 0 Å². The number of benzene rings is 1. The van der Waals surface area contributed by atoms with E-state index >= 15 is 0 Å². The van der Waals surface area contributed by atoms with Crippen LogP contribution >= 0.6 is 11.8 Å². The average molecular weight is 197 g/mol. The van der Waals surface area contributed by atoms with Crippen LogP contribution < -0.4 is 5.73 Å². The van der Waals surface area contributed by atoms with Crippen LogP contribution in [0.5, 0.6) is 0 Å². The summed E-state index contributed by atoms with van der Waals surface area (Å²) in [6.45, 7) is 0.568. The summed E-state index contributed by atoms with van der Waals surface area (Å²) in [6, 6.07) is 8.25. The lowest BCUT2D eigenvalue weighted by atomic mass is 10.1. The second-order valence-electron chi connectivity index (χ2n) is 2.83. The zero-order valence-electron chi connectivity index (χ0n) is 7.99. The van der Waals surface area contributed by atoms with E-state index in [1.807, 2.05) is 0 Å². The average Bonchev–Trinajstić information content (AvgIpc) is 2.18. The first-order chi connectivity index (χ1) is 6.27. The van der Waals surface area contributed by atoms with Crippen molar-refractivity contribution < 1.29 is 4.74 Å². The van der Waals surface area contributed by atoms with Crippen molar-refractivity contribution >= 4 is 11.8 Å². The van der Waals surface area contributed by atoms with E-state index in [0.29, 0.717) is 6.61 Å². The second-order valence-corrected chi connectivity index (χ2v) is 3.71. The third-order valence-corrected chi connectivity index (χ3v) is 2.63. The van der Waals surface area contributed by atoms with Gasteiger partial charge in [-0.3, -0.25) is 0 Å². The Kier molecular flexibility index (Phi) is 4.28. The summed E-state index contributed by atoms with van der Waals surface area (Å²) in [5, 5.41) is 0. The maximum Gasteiger partial charge on any atom is 0.0655 e. The van der Waals surface area contributed by atoms with Gasteiger partial charge in [-0.05, 0) is 24.0 Å². The molecule has 1 aromatic carbocycles. The van der Waals surface area contributed by atoms with Gasteiger partial charge in [-0.1, -0.05) is 12.1 Å². The Labute approximate surface area is 83.5 Å². The number of nitrogens with two attached hydrogens (primary N) is 1. The zero-order valence-corrected chi connectivity index (χ0v) is 8.80. The van der Waals surface area contributed by atoms with Gasteiger partial charge >= 0.3 is 0 Å². The van der Waals surface area contributed by atoms with Gasteiger partial charge in [-0.15, -0.1) is 11.8 Å². The molecule has 0 aliphatic carbocycles. The van der Waals surface area contributed by atoms with Crippen molar-refractivity contribution in [1.82, 2.24) is 0 Å². The van der Waals surface area contributed by atoms with Crippen molar-refractivity contribution in [2.45, 2.75) is 10.9 Å². The highest BCUT2D eigenvalue weighted by Gasteiger charge is 2.04. The van der Waals surface area contributed by atoms with Gasteiger partial charge in [-0.2, -0.15) is 0 Å². The van der Waals surface area contributed by atoms with E-state index in [-0.39, 0.29) is 6.04 Å². The van der Waals surface area contributed by atoms with E-state index in [1.54, 1.807) is 18.9 Å². The molecule has 0 fully saturated rings. The molecule has 0 aromatic heterocycles. The normalized spacial score (nSPS) is 12.8. The maximum absolute atomic E-state index is 5.87. The molecule has 3 heteroatoms. The zero-order chi connectivity index (χ0) is 9.68. The van der Waals surface area contributed by atoms with Crippen LogP contribution in [0, 0.1) is 0 Å². The molecule has 0 unspecified atom stereocenters. The smallest absolute Gasteiger partial charge is 0.0655 e. The molecule has 1 atom stereocenters. The minimum absolute atomic E-state index is 0.0130. The summed E-state index contributed by atoms with van der Waals surface area (Å²) in [7, 11) is 1.66. The molecule has 0 aliphatic heterocycles. The Hall–Kier alpha value is -0.510. The van der Waals surface area contributed by atoms with Crippen LogP contribution in [0.15, 0.2) is 29.2 Å². The molecule has 0 amide bonds. The fourth-order valence-electron chi connectivity index (χ4n) is 1.13. The first-order valence-electron chi connectivity index (χ1n) is 4.16. The fraction of sp³-hybridized carbons (Fsp3) is 0.400. The number of hydrogen-bond acceptors (Lipinski definition) is 3. The van der Waals surface area contributed by atoms with Crippen molar-refractivity contribution in [3.8, 4) is 0 Å². The minimum Gasteiger partial charge on any atom is -0.383 e. The molecule has 13 heavy (non-hydrogen) atoms. The summed E-state index contributed by atoms with van der Waals surface area (Å²) in [5.41, 5.74) is 6.99. The molecule has 0 bridgehead atoms. The van der Waals surface area contributed by atoms with Gasteiger partial charge in [0.25, 0.3) is 0 Å². The van der Waals surface area contributed by atoms with Gasteiger partial charge in [0.1, 0.15) is 0 Å². The standard InChI is InChI=1S/C10H15NOS/c1-12-7-10(11)8-3-5-9(13-2)6-4-8/h3-6,10H,7,11H2,1-2H3/t10-/m0/s1. The first kappa shape index (κ1) is 10.6. The van der Waals surface area contributed by atoms with E-state index in [2.05, 4.69) is 30.5 Å². The van der Waals surface area contributed by atoms with Crippen molar-refractivity contribution in [2.24, 2.45) is 5.73 Å². The highest BCUT2D eigenvalue weighted by Crippen LogP contribution is 2.17. The molecule has 0 saturated heterocycles. The van der Waals surface area contributed by atoms with Crippen molar-refractivity contribution in [2.75, 3.05) is 20.0 Å². The molecule has 0 aliphatic rings. The lowest BCUT2D eigenvalue weighted by Gasteiger charge is -2.10. The van der Waals surface area contributed by atoms with Crippen LogP contribution in [-0.4, -0.2) is 20.0 Å². The molecular weight excluding hydrogens is 182 g/mol. The van der Waals surface area contributed by atoms with Crippen molar-refractivity contribution in [1.29, 1.82) is 0 Å². The lowest BCUT2D eigenvalue weighted by molar-refractivity contribution is 0.181. The first-order valence-corrected chi connectivity index (χ1v) is 5.39. The monoisotopic (exact) mass is 197 g/mol. The van der Waals surface area contributed by atoms with E-state index in [9.17, 15) is 0 Å². The summed E-state index contributed by atoms with van der Waals surface area (Å²) in [4.78, 5) is 1.26. The molecule has 1 rings (SSSR count). The van der Waals surface area contributed by atoms with Crippen LogP contribution in [0.2, 0.25) is 0 Å². The SMILES string of the molecule is COC[C@H](N)c1ccc(SC)cc1. The summed E-state index contributed by atoms with van der Waals surface area (Å²) in [5.74, 6) is 0. The fourth-order valence-corrected chi connectivity index (χ4v) is 1.54. The number of methoxy groups -OCH3 is 1. The predicted octanol–water partition coefficient (Wildman–Crippen LogP) is 2.05. The summed E-state index contributed by atoms with van der Waals surface area (Å²) in [6.07, 6.45) is 2.06. The highest BCUT2D eigenvalue weighted by molar-refractivity contribution is 7.98. The molecule has 2 nitrogen and oxygen atoms in total. The molecule has 0 spiro atoms. The third kappa shape index (κ3) is 3.03. The Balaban J connectivity index is 2.67. The molecule has 0 heterocycles. The topological polar surface area (TPSA) is 35.2 Å². The summed E-state index contributed by atoms with van der Waals surface area (Å²) >= 11 is 1.73. The van der Waals surface area contributed by atoms with Crippen LogP contribution in [-0.2, 0) is 4.74 Å². The van der Waals surface area contributed by atoms with E-state index < -0.39 is 0 Å².